The third-order valence-corrected chi connectivity index (χ3v) is 4.80. The summed E-state index contributed by atoms with van der Waals surface area (Å²) in [5.74, 6) is 0.0189. The first-order valence-electron chi connectivity index (χ1n) is 5.48. The minimum absolute atomic E-state index is 0.0235. The van der Waals surface area contributed by atoms with Crippen LogP contribution in [0.4, 0.5) is 15.8 Å². The van der Waals surface area contributed by atoms with E-state index in [1.54, 1.807) is 0 Å². The normalized spacial score (nSPS) is 26.3. The van der Waals surface area contributed by atoms with Gasteiger partial charge in [-0.3, -0.25) is 9.00 Å². The Morgan fingerprint density at radius 2 is 2.28 bits per heavy atom. The van der Waals surface area contributed by atoms with Crippen LogP contribution in [-0.2, 0) is 15.6 Å². The highest BCUT2D eigenvalue weighted by atomic mass is 35.5. The van der Waals surface area contributed by atoms with Gasteiger partial charge in [0, 0.05) is 29.2 Å². The summed E-state index contributed by atoms with van der Waals surface area (Å²) in [6.07, 6.45) is 0. The Morgan fingerprint density at radius 3 is 3.06 bits per heavy atom. The summed E-state index contributed by atoms with van der Waals surface area (Å²) in [7, 11) is -0.975. The van der Waals surface area contributed by atoms with Crippen LogP contribution < -0.4 is 10.2 Å². The number of carbonyl (C=O) groups excluding carboxylic acids is 1. The third kappa shape index (κ3) is 1.80. The number of nitrogens with one attached hydrogen (secondary N) is 1. The molecule has 1 aromatic rings. The number of hydrogen-bond donors (Lipinski definition) is 1. The molecule has 0 bridgehead atoms. The third-order valence-electron chi connectivity index (χ3n) is 3.19. The Hall–Kier alpha value is -1.14. The van der Waals surface area contributed by atoms with Gasteiger partial charge < -0.3 is 10.2 Å². The van der Waals surface area contributed by atoms with Gasteiger partial charge in [-0.05, 0) is 6.07 Å². The molecule has 0 aromatic heterocycles. The molecule has 4 nitrogen and oxygen atoms in total. The van der Waals surface area contributed by atoms with Crippen molar-refractivity contribution in [3.05, 3.63) is 23.0 Å². The number of carbonyl (C=O) groups is 1. The molecule has 96 valence electrons. The number of nitrogens with zero attached hydrogens (tertiary/aromatic N) is 1. The summed E-state index contributed by atoms with van der Waals surface area (Å²) in [4.78, 5) is 13.7. The minimum atomic E-state index is -0.975. The van der Waals surface area contributed by atoms with E-state index in [2.05, 4.69) is 5.32 Å². The van der Waals surface area contributed by atoms with Crippen LogP contribution in [0.1, 0.15) is 0 Å². The number of halogens is 2. The average Bonchev–Trinajstić information content (AvgIpc) is 2.32. The van der Waals surface area contributed by atoms with Crippen LogP contribution in [0.25, 0.3) is 0 Å². The molecule has 2 aliphatic rings. The van der Waals surface area contributed by atoms with E-state index < -0.39 is 22.7 Å². The second kappa shape index (κ2) is 4.20. The van der Waals surface area contributed by atoms with E-state index in [0.717, 1.165) is 0 Å². The van der Waals surface area contributed by atoms with E-state index in [4.69, 9.17) is 11.6 Å². The molecular weight excluding hydrogens is 279 g/mol. The fourth-order valence-electron chi connectivity index (χ4n) is 2.30. The van der Waals surface area contributed by atoms with Gasteiger partial charge in [0.1, 0.15) is 11.9 Å². The molecule has 7 heteroatoms. The summed E-state index contributed by atoms with van der Waals surface area (Å²) in [6, 6.07) is 2.28. The van der Waals surface area contributed by atoms with Gasteiger partial charge in [0.25, 0.3) is 0 Å². The van der Waals surface area contributed by atoms with E-state index in [0.29, 0.717) is 29.4 Å². The second-order valence-electron chi connectivity index (χ2n) is 4.29. The van der Waals surface area contributed by atoms with Crippen LogP contribution in [-0.4, -0.2) is 34.2 Å². The van der Waals surface area contributed by atoms with E-state index in [1.165, 1.54) is 12.1 Å². The number of benzene rings is 1. The SMILES string of the molecule is O=C1Nc2cc(F)c(Cl)cc2N2CCS(=O)CC12. The maximum Gasteiger partial charge on any atom is 0.248 e. The van der Waals surface area contributed by atoms with Crippen molar-refractivity contribution >= 4 is 39.7 Å². The van der Waals surface area contributed by atoms with Gasteiger partial charge in [0.05, 0.1) is 22.2 Å². The first-order chi connectivity index (χ1) is 8.56. The molecular formula is C11H10ClFN2O2S. The predicted molar refractivity (Wildman–Crippen MR) is 69.1 cm³/mol. The Morgan fingerprint density at radius 1 is 1.50 bits per heavy atom. The zero-order valence-corrected chi connectivity index (χ0v) is 10.9. The maximum atomic E-state index is 13.4. The molecule has 2 unspecified atom stereocenters. The standard InChI is InChI=1S/C11H10ClFN2O2S/c12-6-3-9-8(4-7(6)13)14-11(16)10-5-18(17)2-1-15(9)10/h3-4,10H,1-2,5H2,(H,14,16). The topological polar surface area (TPSA) is 49.4 Å². The Kier molecular flexibility index (Phi) is 2.79. The molecule has 2 atom stereocenters. The fourth-order valence-corrected chi connectivity index (χ4v) is 3.71. The molecule has 2 heterocycles. The molecule has 1 amide bonds. The molecule has 1 fully saturated rings. The first-order valence-corrected chi connectivity index (χ1v) is 7.34. The molecule has 0 radical (unpaired) electrons. The van der Waals surface area contributed by atoms with E-state index in [9.17, 15) is 13.4 Å². The van der Waals surface area contributed by atoms with Crippen molar-refractivity contribution < 1.29 is 13.4 Å². The van der Waals surface area contributed by atoms with Crippen molar-refractivity contribution in [3.63, 3.8) is 0 Å². The van der Waals surface area contributed by atoms with Gasteiger partial charge in [-0.15, -0.1) is 0 Å². The van der Waals surface area contributed by atoms with Crippen molar-refractivity contribution in [2.45, 2.75) is 6.04 Å². The molecule has 1 saturated heterocycles. The predicted octanol–water partition coefficient (Wildman–Crippen LogP) is 1.37. The van der Waals surface area contributed by atoms with Crippen LogP contribution in [0.15, 0.2) is 12.1 Å². The van der Waals surface area contributed by atoms with Crippen LogP contribution >= 0.6 is 11.6 Å². The lowest BCUT2D eigenvalue weighted by molar-refractivity contribution is -0.117. The van der Waals surface area contributed by atoms with E-state index >= 15 is 0 Å². The largest absolute Gasteiger partial charge is 0.356 e. The van der Waals surface area contributed by atoms with Crippen LogP contribution in [0.5, 0.6) is 0 Å². The van der Waals surface area contributed by atoms with E-state index in [-0.39, 0.29) is 10.9 Å². The van der Waals surface area contributed by atoms with Gasteiger partial charge in [0.2, 0.25) is 5.91 Å². The zero-order valence-electron chi connectivity index (χ0n) is 9.28. The van der Waals surface area contributed by atoms with E-state index in [1.807, 2.05) is 4.90 Å². The maximum absolute atomic E-state index is 13.4. The van der Waals surface area contributed by atoms with Crippen LogP contribution in [0, 0.1) is 5.82 Å². The molecule has 18 heavy (non-hydrogen) atoms. The Balaban J connectivity index is 2.08. The van der Waals surface area contributed by atoms with Crippen LogP contribution in [0.2, 0.25) is 5.02 Å². The van der Waals surface area contributed by atoms with Crippen molar-refractivity contribution in [1.82, 2.24) is 0 Å². The van der Waals surface area contributed by atoms with Crippen LogP contribution in [0.3, 0.4) is 0 Å². The second-order valence-corrected chi connectivity index (χ2v) is 6.32. The van der Waals surface area contributed by atoms with Gasteiger partial charge in [0.15, 0.2) is 0 Å². The highest BCUT2D eigenvalue weighted by molar-refractivity contribution is 7.85. The minimum Gasteiger partial charge on any atom is -0.356 e. The highest BCUT2D eigenvalue weighted by Gasteiger charge is 2.37. The quantitative estimate of drug-likeness (QED) is 0.784. The summed E-state index contributed by atoms with van der Waals surface area (Å²) in [5.41, 5.74) is 1.12. The lowest BCUT2D eigenvalue weighted by Crippen LogP contribution is -2.55. The Bertz CT molecular complexity index is 566. The fraction of sp³-hybridized carbons (Fsp3) is 0.364. The lowest BCUT2D eigenvalue weighted by Gasteiger charge is -2.40. The van der Waals surface area contributed by atoms with Crippen molar-refractivity contribution in [1.29, 1.82) is 0 Å². The average molecular weight is 289 g/mol. The molecule has 0 spiro atoms. The van der Waals surface area contributed by atoms with Gasteiger partial charge in [-0.25, -0.2) is 4.39 Å². The lowest BCUT2D eigenvalue weighted by atomic mass is 10.1. The molecule has 0 saturated carbocycles. The van der Waals surface area contributed by atoms with Gasteiger partial charge >= 0.3 is 0 Å². The highest BCUT2D eigenvalue weighted by Crippen LogP contribution is 2.37. The summed E-state index contributed by atoms with van der Waals surface area (Å²) in [6.45, 7) is 0.514. The molecule has 2 aliphatic heterocycles. The monoisotopic (exact) mass is 288 g/mol. The number of amides is 1. The van der Waals surface area contributed by atoms with Gasteiger partial charge in [-0.1, -0.05) is 11.6 Å². The Labute approximate surface area is 111 Å². The molecule has 3 rings (SSSR count). The first kappa shape index (κ1) is 11.9. The summed E-state index contributed by atoms with van der Waals surface area (Å²) < 4.78 is 24.9. The van der Waals surface area contributed by atoms with Gasteiger partial charge in [-0.2, -0.15) is 0 Å². The molecule has 1 aromatic carbocycles. The smallest absolute Gasteiger partial charge is 0.248 e. The molecule has 1 N–H and O–H groups in total. The number of anilines is 2. The summed E-state index contributed by atoms with van der Waals surface area (Å²) >= 11 is 5.77. The van der Waals surface area contributed by atoms with Crippen molar-refractivity contribution in [3.8, 4) is 0 Å². The number of rotatable bonds is 0. The number of hydrogen-bond acceptors (Lipinski definition) is 3. The molecule has 0 aliphatic carbocycles. The number of fused-ring (bicyclic) bond motifs is 3. The van der Waals surface area contributed by atoms with Crippen molar-refractivity contribution in [2.24, 2.45) is 0 Å². The van der Waals surface area contributed by atoms with Crippen molar-refractivity contribution in [2.75, 3.05) is 28.3 Å². The zero-order chi connectivity index (χ0) is 12.9. The summed E-state index contributed by atoms with van der Waals surface area (Å²) in [5, 5.41) is 2.66.